The molecular weight excluding hydrogens is 330 g/mol. The Labute approximate surface area is 152 Å². The number of aryl methyl sites for hydroxylation is 1. The first-order chi connectivity index (χ1) is 12.7. The van der Waals surface area contributed by atoms with Gasteiger partial charge in [-0.1, -0.05) is 47.6 Å². The Bertz CT molecular complexity index is 846. The Hall–Kier alpha value is -3.15. The average Bonchev–Trinajstić information content (AvgIpc) is 3.16. The molecule has 1 aromatic heterocycles. The summed E-state index contributed by atoms with van der Waals surface area (Å²) in [7, 11) is 1.61. The van der Waals surface area contributed by atoms with E-state index < -0.39 is 0 Å². The highest BCUT2D eigenvalue weighted by molar-refractivity contribution is 5.76. The van der Waals surface area contributed by atoms with Crippen molar-refractivity contribution < 1.29 is 14.1 Å². The van der Waals surface area contributed by atoms with E-state index in [2.05, 4.69) is 15.5 Å². The molecule has 0 unspecified atom stereocenters. The quantitative estimate of drug-likeness (QED) is 0.675. The molecule has 0 aliphatic rings. The third-order valence-corrected chi connectivity index (χ3v) is 3.94. The SMILES string of the molecule is COc1cccc(-c2noc(CCNC(=O)CCc3ccccc3)n2)c1. The second kappa shape index (κ2) is 8.80. The Morgan fingerprint density at radius 3 is 2.77 bits per heavy atom. The fourth-order valence-electron chi connectivity index (χ4n) is 2.54. The maximum absolute atomic E-state index is 11.9. The Kier molecular flexibility index (Phi) is 5.98. The second-order valence-corrected chi connectivity index (χ2v) is 5.83. The van der Waals surface area contributed by atoms with Gasteiger partial charge in [0.15, 0.2) is 0 Å². The van der Waals surface area contributed by atoms with Gasteiger partial charge in [-0.2, -0.15) is 4.98 Å². The number of ether oxygens (including phenoxy) is 1. The first-order valence-corrected chi connectivity index (χ1v) is 8.52. The number of hydrogen-bond donors (Lipinski definition) is 1. The highest BCUT2D eigenvalue weighted by Crippen LogP contribution is 2.21. The molecule has 3 rings (SSSR count). The van der Waals surface area contributed by atoms with Crippen molar-refractivity contribution in [3.63, 3.8) is 0 Å². The van der Waals surface area contributed by atoms with Gasteiger partial charge >= 0.3 is 0 Å². The van der Waals surface area contributed by atoms with Crippen LogP contribution in [0.2, 0.25) is 0 Å². The van der Waals surface area contributed by atoms with Gasteiger partial charge in [-0.25, -0.2) is 0 Å². The summed E-state index contributed by atoms with van der Waals surface area (Å²) in [6, 6.07) is 17.4. The molecule has 3 aromatic rings. The molecule has 0 fully saturated rings. The van der Waals surface area contributed by atoms with Crippen LogP contribution in [-0.2, 0) is 17.6 Å². The molecule has 0 radical (unpaired) electrons. The van der Waals surface area contributed by atoms with Crippen LogP contribution in [0.25, 0.3) is 11.4 Å². The first-order valence-electron chi connectivity index (χ1n) is 8.52. The molecular formula is C20H21N3O3. The van der Waals surface area contributed by atoms with Crippen molar-refractivity contribution in [2.24, 2.45) is 0 Å². The van der Waals surface area contributed by atoms with Crippen molar-refractivity contribution in [1.82, 2.24) is 15.5 Å². The van der Waals surface area contributed by atoms with Crippen molar-refractivity contribution in [3.8, 4) is 17.1 Å². The Balaban J connectivity index is 1.45. The van der Waals surface area contributed by atoms with E-state index in [1.165, 1.54) is 0 Å². The van der Waals surface area contributed by atoms with Gasteiger partial charge < -0.3 is 14.6 Å². The fourth-order valence-corrected chi connectivity index (χ4v) is 2.54. The molecule has 2 aromatic carbocycles. The third kappa shape index (κ3) is 4.92. The monoisotopic (exact) mass is 351 g/mol. The molecule has 0 spiro atoms. The minimum absolute atomic E-state index is 0.0152. The van der Waals surface area contributed by atoms with Crippen LogP contribution in [0.5, 0.6) is 5.75 Å². The van der Waals surface area contributed by atoms with Crippen LogP contribution in [0.3, 0.4) is 0 Å². The average molecular weight is 351 g/mol. The van der Waals surface area contributed by atoms with Gasteiger partial charge in [0, 0.05) is 24.9 Å². The summed E-state index contributed by atoms with van der Waals surface area (Å²) in [5, 5.41) is 6.86. The number of hydrogen-bond acceptors (Lipinski definition) is 5. The Morgan fingerprint density at radius 1 is 1.12 bits per heavy atom. The normalized spacial score (nSPS) is 10.5. The third-order valence-electron chi connectivity index (χ3n) is 3.94. The lowest BCUT2D eigenvalue weighted by atomic mass is 10.1. The summed E-state index contributed by atoms with van der Waals surface area (Å²) in [5.74, 6) is 1.75. The van der Waals surface area contributed by atoms with E-state index in [1.807, 2.05) is 54.6 Å². The van der Waals surface area contributed by atoms with Crippen molar-refractivity contribution in [1.29, 1.82) is 0 Å². The number of carbonyl (C=O) groups is 1. The maximum atomic E-state index is 11.9. The lowest BCUT2D eigenvalue weighted by Crippen LogP contribution is -2.25. The van der Waals surface area contributed by atoms with Gasteiger partial charge in [-0.05, 0) is 24.1 Å². The van der Waals surface area contributed by atoms with Gasteiger partial charge in [-0.3, -0.25) is 4.79 Å². The topological polar surface area (TPSA) is 77.3 Å². The van der Waals surface area contributed by atoms with Crippen molar-refractivity contribution in [2.45, 2.75) is 19.3 Å². The van der Waals surface area contributed by atoms with E-state index in [0.717, 1.165) is 23.3 Å². The van der Waals surface area contributed by atoms with Crippen LogP contribution in [0.1, 0.15) is 17.9 Å². The van der Waals surface area contributed by atoms with E-state index in [9.17, 15) is 4.79 Å². The van der Waals surface area contributed by atoms with Gasteiger partial charge in [0.1, 0.15) is 5.75 Å². The summed E-state index contributed by atoms with van der Waals surface area (Å²) >= 11 is 0. The highest BCUT2D eigenvalue weighted by Gasteiger charge is 2.10. The number of amides is 1. The minimum Gasteiger partial charge on any atom is -0.497 e. The zero-order chi connectivity index (χ0) is 18.2. The van der Waals surface area contributed by atoms with Crippen molar-refractivity contribution in [3.05, 3.63) is 66.1 Å². The minimum atomic E-state index is 0.0152. The zero-order valence-electron chi connectivity index (χ0n) is 14.6. The van der Waals surface area contributed by atoms with Crippen molar-refractivity contribution in [2.75, 3.05) is 13.7 Å². The summed E-state index contributed by atoms with van der Waals surface area (Å²) in [5.41, 5.74) is 1.98. The molecule has 26 heavy (non-hydrogen) atoms. The Morgan fingerprint density at radius 2 is 1.96 bits per heavy atom. The molecule has 0 saturated heterocycles. The predicted molar refractivity (Wildman–Crippen MR) is 97.8 cm³/mol. The van der Waals surface area contributed by atoms with Crippen molar-refractivity contribution >= 4 is 5.91 Å². The summed E-state index contributed by atoms with van der Waals surface area (Å²) in [4.78, 5) is 16.3. The molecule has 1 amide bonds. The van der Waals surface area contributed by atoms with E-state index in [-0.39, 0.29) is 5.91 Å². The molecule has 1 heterocycles. The maximum Gasteiger partial charge on any atom is 0.228 e. The molecule has 0 atom stereocenters. The molecule has 6 nitrogen and oxygen atoms in total. The van der Waals surface area contributed by atoms with E-state index in [0.29, 0.717) is 31.1 Å². The molecule has 1 N–H and O–H groups in total. The number of methoxy groups -OCH3 is 1. The molecule has 0 saturated carbocycles. The number of aromatic nitrogens is 2. The number of rotatable bonds is 8. The molecule has 6 heteroatoms. The van der Waals surface area contributed by atoms with Crippen LogP contribution in [0.4, 0.5) is 0 Å². The molecule has 134 valence electrons. The van der Waals surface area contributed by atoms with Crippen LogP contribution in [0, 0.1) is 0 Å². The molecule has 0 aliphatic heterocycles. The van der Waals surface area contributed by atoms with E-state index in [4.69, 9.17) is 9.26 Å². The first kappa shape index (κ1) is 17.7. The lowest BCUT2D eigenvalue weighted by molar-refractivity contribution is -0.121. The van der Waals surface area contributed by atoms with Crippen LogP contribution in [0.15, 0.2) is 59.1 Å². The number of nitrogens with one attached hydrogen (secondary N) is 1. The van der Waals surface area contributed by atoms with Gasteiger partial charge in [-0.15, -0.1) is 0 Å². The van der Waals surface area contributed by atoms with Gasteiger partial charge in [0.2, 0.25) is 17.6 Å². The highest BCUT2D eigenvalue weighted by atomic mass is 16.5. The smallest absolute Gasteiger partial charge is 0.228 e. The second-order valence-electron chi connectivity index (χ2n) is 5.83. The van der Waals surface area contributed by atoms with Crippen LogP contribution in [-0.4, -0.2) is 29.7 Å². The van der Waals surface area contributed by atoms with E-state index in [1.54, 1.807) is 7.11 Å². The zero-order valence-corrected chi connectivity index (χ0v) is 14.6. The summed E-state index contributed by atoms with van der Waals surface area (Å²) < 4.78 is 10.4. The number of carbonyl (C=O) groups excluding carboxylic acids is 1. The van der Waals surface area contributed by atoms with Gasteiger partial charge in [0.25, 0.3) is 0 Å². The number of benzene rings is 2. The number of nitrogens with zero attached hydrogens (tertiary/aromatic N) is 2. The largest absolute Gasteiger partial charge is 0.497 e. The molecule has 0 bridgehead atoms. The summed E-state index contributed by atoms with van der Waals surface area (Å²) in [6.07, 6.45) is 1.68. The van der Waals surface area contributed by atoms with Gasteiger partial charge in [0.05, 0.1) is 7.11 Å². The summed E-state index contributed by atoms with van der Waals surface area (Å²) in [6.45, 7) is 0.466. The lowest BCUT2D eigenvalue weighted by Gasteiger charge is -2.03. The molecule has 0 aliphatic carbocycles. The van der Waals surface area contributed by atoms with E-state index >= 15 is 0 Å². The predicted octanol–water partition coefficient (Wildman–Crippen LogP) is 3.04. The fraction of sp³-hybridized carbons (Fsp3) is 0.250. The van der Waals surface area contributed by atoms with Crippen LogP contribution >= 0.6 is 0 Å². The standard InChI is InChI=1S/C20H21N3O3/c1-25-17-9-5-8-16(14-17)20-22-19(26-23-20)12-13-21-18(24)11-10-15-6-3-2-4-7-15/h2-9,14H,10-13H2,1H3,(H,21,24). The van der Waals surface area contributed by atoms with Crippen LogP contribution < -0.4 is 10.1 Å².